The molecule has 0 amide bonds. The second kappa shape index (κ2) is 5.12. The van der Waals surface area contributed by atoms with Crippen LogP contribution in [0.15, 0.2) is 18.3 Å². The first kappa shape index (κ1) is 10.4. The molecule has 1 aromatic rings. The van der Waals surface area contributed by atoms with Gasteiger partial charge >= 0.3 is 0 Å². The Morgan fingerprint density at radius 3 is 3.00 bits per heavy atom. The Bertz CT molecular complexity index is 310. The molecule has 3 heteroatoms. The first-order valence-corrected chi connectivity index (χ1v) is 5.63. The number of aromatic nitrogens is 1. The molecule has 0 unspecified atom stereocenters. The number of nitrogen functional groups attached to an aromatic ring is 1. The van der Waals surface area contributed by atoms with Crippen LogP contribution in [0, 0.1) is 5.92 Å². The number of nitrogens with zero attached hydrogens (tertiary/aromatic N) is 1. The Balaban J connectivity index is 1.64. The van der Waals surface area contributed by atoms with E-state index < -0.39 is 0 Å². The summed E-state index contributed by atoms with van der Waals surface area (Å²) >= 11 is 0. The van der Waals surface area contributed by atoms with Crippen molar-refractivity contribution < 1.29 is 4.74 Å². The van der Waals surface area contributed by atoms with Gasteiger partial charge in [0.25, 0.3) is 0 Å². The van der Waals surface area contributed by atoms with Gasteiger partial charge in [0.15, 0.2) is 0 Å². The predicted molar refractivity (Wildman–Crippen MR) is 60.3 cm³/mol. The molecule has 1 aliphatic carbocycles. The molecule has 0 saturated heterocycles. The van der Waals surface area contributed by atoms with Crippen LogP contribution in [0.3, 0.4) is 0 Å². The highest BCUT2D eigenvalue weighted by molar-refractivity contribution is 5.36. The molecular formula is C12H18N2O. The lowest BCUT2D eigenvalue weighted by atomic mass is 9.83. The largest absolute Gasteiger partial charge is 0.399 e. The third-order valence-electron chi connectivity index (χ3n) is 2.99. The monoisotopic (exact) mass is 206 g/mol. The first-order chi connectivity index (χ1) is 7.34. The van der Waals surface area contributed by atoms with Gasteiger partial charge in [0, 0.05) is 18.5 Å². The third kappa shape index (κ3) is 3.20. The predicted octanol–water partition coefficient (Wildman–Crippen LogP) is 2.37. The van der Waals surface area contributed by atoms with Crippen LogP contribution >= 0.6 is 0 Å². The molecule has 0 spiro atoms. The maximum absolute atomic E-state index is 5.65. The summed E-state index contributed by atoms with van der Waals surface area (Å²) in [5.74, 6) is 0.916. The van der Waals surface area contributed by atoms with Crippen molar-refractivity contribution in [3.8, 4) is 0 Å². The van der Waals surface area contributed by atoms with Gasteiger partial charge in [-0.15, -0.1) is 0 Å². The topological polar surface area (TPSA) is 48.1 Å². The van der Waals surface area contributed by atoms with Crippen LogP contribution in [-0.2, 0) is 11.3 Å². The standard InChI is InChI=1S/C12H18N2O/c13-11-4-6-14-12(8-11)9-15-7-5-10-2-1-3-10/h4,6,8,10H,1-3,5,7,9H2,(H2,13,14). The highest BCUT2D eigenvalue weighted by atomic mass is 16.5. The normalized spacial score (nSPS) is 16.3. The summed E-state index contributed by atoms with van der Waals surface area (Å²) in [4.78, 5) is 4.19. The van der Waals surface area contributed by atoms with E-state index >= 15 is 0 Å². The molecule has 1 aliphatic rings. The van der Waals surface area contributed by atoms with Crippen LogP contribution in [0.2, 0.25) is 0 Å². The highest BCUT2D eigenvalue weighted by Gasteiger charge is 2.16. The van der Waals surface area contributed by atoms with E-state index in [9.17, 15) is 0 Å². The Hall–Kier alpha value is -1.09. The molecule has 15 heavy (non-hydrogen) atoms. The van der Waals surface area contributed by atoms with Crippen molar-refractivity contribution in [1.29, 1.82) is 0 Å². The highest BCUT2D eigenvalue weighted by Crippen LogP contribution is 2.29. The van der Waals surface area contributed by atoms with Gasteiger partial charge < -0.3 is 10.5 Å². The SMILES string of the molecule is Nc1ccnc(COCCC2CCC2)c1. The van der Waals surface area contributed by atoms with E-state index in [0.717, 1.165) is 23.9 Å². The summed E-state index contributed by atoms with van der Waals surface area (Å²) in [7, 11) is 0. The van der Waals surface area contributed by atoms with Crippen LogP contribution in [0.4, 0.5) is 5.69 Å². The fourth-order valence-electron chi connectivity index (χ4n) is 1.78. The van der Waals surface area contributed by atoms with Crippen molar-refractivity contribution in [2.45, 2.75) is 32.3 Å². The lowest BCUT2D eigenvalue weighted by Crippen LogP contribution is -2.13. The number of ether oxygens (including phenoxy) is 1. The average Bonchev–Trinajstić information content (AvgIpc) is 2.15. The van der Waals surface area contributed by atoms with Crippen LogP contribution in [-0.4, -0.2) is 11.6 Å². The number of hydrogen-bond acceptors (Lipinski definition) is 3. The summed E-state index contributed by atoms with van der Waals surface area (Å²) < 4.78 is 5.56. The van der Waals surface area contributed by atoms with Gasteiger partial charge in [-0.25, -0.2) is 0 Å². The van der Waals surface area contributed by atoms with Gasteiger partial charge in [0.05, 0.1) is 12.3 Å². The fourth-order valence-corrected chi connectivity index (χ4v) is 1.78. The Kier molecular flexibility index (Phi) is 3.56. The van der Waals surface area contributed by atoms with Crippen molar-refractivity contribution in [3.63, 3.8) is 0 Å². The van der Waals surface area contributed by atoms with E-state index in [1.54, 1.807) is 12.3 Å². The number of nitrogens with two attached hydrogens (primary N) is 1. The molecule has 0 atom stereocenters. The molecule has 0 bridgehead atoms. The summed E-state index contributed by atoms with van der Waals surface area (Å²) in [5, 5.41) is 0. The van der Waals surface area contributed by atoms with Gasteiger partial charge in [-0.05, 0) is 24.5 Å². The Morgan fingerprint density at radius 2 is 2.33 bits per heavy atom. The van der Waals surface area contributed by atoms with Crippen LogP contribution in [0.5, 0.6) is 0 Å². The van der Waals surface area contributed by atoms with E-state index in [1.165, 1.54) is 25.7 Å². The molecular weight excluding hydrogens is 188 g/mol. The lowest BCUT2D eigenvalue weighted by molar-refractivity contribution is 0.0930. The van der Waals surface area contributed by atoms with E-state index in [4.69, 9.17) is 10.5 Å². The number of pyridine rings is 1. The van der Waals surface area contributed by atoms with Crippen molar-refractivity contribution >= 4 is 5.69 Å². The third-order valence-corrected chi connectivity index (χ3v) is 2.99. The van der Waals surface area contributed by atoms with E-state index in [2.05, 4.69) is 4.98 Å². The molecule has 2 N–H and O–H groups in total. The Labute approximate surface area is 90.7 Å². The van der Waals surface area contributed by atoms with Gasteiger partial charge in [-0.3, -0.25) is 4.98 Å². The molecule has 1 aromatic heterocycles. The molecule has 1 fully saturated rings. The van der Waals surface area contributed by atoms with E-state index in [0.29, 0.717) is 6.61 Å². The maximum Gasteiger partial charge on any atom is 0.0888 e. The van der Waals surface area contributed by atoms with Crippen molar-refractivity contribution in [1.82, 2.24) is 4.98 Å². The molecule has 2 rings (SSSR count). The molecule has 0 aromatic carbocycles. The molecule has 3 nitrogen and oxygen atoms in total. The quantitative estimate of drug-likeness (QED) is 0.752. The smallest absolute Gasteiger partial charge is 0.0888 e. The minimum atomic E-state index is 0.581. The fraction of sp³-hybridized carbons (Fsp3) is 0.583. The van der Waals surface area contributed by atoms with Crippen molar-refractivity contribution in [3.05, 3.63) is 24.0 Å². The van der Waals surface area contributed by atoms with Crippen LogP contribution < -0.4 is 5.73 Å². The maximum atomic E-state index is 5.65. The molecule has 0 radical (unpaired) electrons. The first-order valence-electron chi connectivity index (χ1n) is 5.63. The van der Waals surface area contributed by atoms with Crippen molar-refractivity contribution in [2.24, 2.45) is 5.92 Å². The zero-order chi connectivity index (χ0) is 10.5. The zero-order valence-electron chi connectivity index (χ0n) is 8.98. The zero-order valence-corrected chi connectivity index (χ0v) is 8.98. The average molecular weight is 206 g/mol. The van der Waals surface area contributed by atoms with Crippen molar-refractivity contribution in [2.75, 3.05) is 12.3 Å². The van der Waals surface area contributed by atoms with Gasteiger partial charge in [-0.1, -0.05) is 19.3 Å². The van der Waals surface area contributed by atoms with Gasteiger partial charge in [0.2, 0.25) is 0 Å². The molecule has 82 valence electrons. The minimum absolute atomic E-state index is 0.581. The molecule has 1 saturated carbocycles. The number of hydrogen-bond donors (Lipinski definition) is 1. The van der Waals surface area contributed by atoms with E-state index in [-0.39, 0.29) is 0 Å². The van der Waals surface area contributed by atoms with Gasteiger partial charge in [-0.2, -0.15) is 0 Å². The second-order valence-electron chi connectivity index (χ2n) is 4.22. The summed E-state index contributed by atoms with van der Waals surface area (Å²) in [5.41, 5.74) is 7.32. The summed E-state index contributed by atoms with van der Waals surface area (Å²) in [6.45, 7) is 1.43. The molecule has 0 aliphatic heterocycles. The molecule has 1 heterocycles. The minimum Gasteiger partial charge on any atom is -0.399 e. The number of anilines is 1. The number of rotatable bonds is 5. The summed E-state index contributed by atoms with van der Waals surface area (Å²) in [6.07, 6.45) is 7.10. The van der Waals surface area contributed by atoms with E-state index in [1.807, 2.05) is 6.07 Å². The Morgan fingerprint density at radius 1 is 1.47 bits per heavy atom. The second-order valence-corrected chi connectivity index (χ2v) is 4.22. The van der Waals surface area contributed by atoms with Crippen LogP contribution in [0.1, 0.15) is 31.4 Å². The van der Waals surface area contributed by atoms with Crippen LogP contribution in [0.25, 0.3) is 0 Å². The lowest BCUT2D eigenvalue weighted by Gasteiger charge is -2.24. The van der Waals surface area contributed by atoms with Gasteiger partial charge in [0.1, 0.15) is 0 Å². The summed E-state index contributed by atoms with van der Waals surface area (Å²) in [6, 6.07) is 3.65.